The lowest BCUT2D eigenvalue weighted by Gasteiger charge is -2.40. The van der Waals surface area contributed by atoms with Crippen LogP contribution >= 0.6 is 0 Å². The van der Waals surface area contributed by atoms with E-state index in [9.17, 15) is 0 Å². The molecule has 82 valence electrons. The quantitative estimate of drug-likeness (QED) is 0.814. The fourth-order valence-corrected chi connectivity index (χ4v) is 2.52. The Morgan fingerprint density at radius 1 is 1.44 bits per heavy atom. The molecule has 2 heteroatoms. The number of nitrogens with one attached hydrogen (secondary N) is 1. The van der Waals surface area contributed by atoms with Gasteiger partial charge in [0.2, 0.25) is 0 Å². The molecule has 1 saturated heterocycles. The number of nitrogens with zero attached hydrogens (tertiary/aromatic N) is 1. The van der Waals surface area contributed by atoms with Gasteiger partial charge in [0.15, 0.2) is 0 Å². The average Bonchev–Trinajstić information content (AvgIpc) is 2.31. The van der Waals surface area contributed by atoms with Gasteiger partial charge in [0.1, 0.15) is 0 Å². The molecule has 0 spiro atoms. The third-order valence-electron chi connectivity index (χ3n) is 3.65. The minimum absolute atomic E-state index is 0.608. The van der Waals surface area contributed by atoms with Crippen LogP contribution in [0.4, 0.5) is 0 Å². The first-order valence-corrected chi connectivity index (χ1v) is 5.89. The van der Waals surface area contributed by atoms with Gasteiger partial charge in [-0.2, -0.15) is 0 Å². The van der Waals surface area contributed by atoms with Crippen molar-refractivity contribution in [2.45, 2.75) is 18.9 Å². The minimum atomic E-state index is 0.608. The summed E-state index contributed by atoms with van der Waals surface area (Å²) >= 11 is 0. The van der Waals surface area contributed by atoms with Gasteiger partial charge in [-0.25, -0.2) is 0 Å². The van der Waals surface area contributed by atoms with Crippen LogP contribution in [0.3, 0.4) is 0 Å². The highest BCUT2D eigenvalue weighted by atomic mass is 15.0. The maximum absolute atomic E-state index is 4.26. The molecule has 0 unspecified atom stereocenters. The van der Waals surface area contributed by atoms with Gasteiger partial charge in [-0.3, -0.25) is 4.98 Å². The van der Waals surface area contributed by atoms with Gasteiger partial charge in [-0.15, -0.1) is 0 Å². The molecule has 0 bridgehead atoms. The molecular formula is C14H16N2. The number of hydrogen-bond acceptors (Lipinski definition) is 2. The van der Waals surface area contributed by atoms with Crippen LogP contribution in [0.1, 0.15) is 24.0 Å². The second-order valence-corrected chi connectivity index (χ2v) is 4.64. The Labute approximate surface area is 96.1 Å². The first kappa shape index (κ1) is 9.79. The second-order valence-electron chi connectivity index (χ2n) is 4.64. The number of aromatic nitrogens is 1. The highest BCUT2D eigenvalue weighted by Crippen LogP contribution is 2.33. The van der Waals surface area contributed by atoms with Crippen molar-refractivity contribution < 1.29 is 0 Å². The van der Waals surface area contributed by atoms with Crippen molar-refractivity contribution in [1.82, 2.24) is 10.3 Å². The summed E-state index contributed by atoms with van der Waals surface area (Å²) in [5, 5.41) is 3.46. The van der Waals surface area contributed by atoms with Crippen molar-refractivity contribution in [3.05, 3.63) is 42.2 Å². The molecule has 0 amide bonds. The van der Waals surface area contributed by atoms with Gasteiger partial charge in [-0.1, -0.05) is 18.7 Å². The van der Waals surface area contributed by atoms with Crippen molar-refractivity contribution in [2.24, 2.45) is 5.92 Å². The van der Waals surface area contributed by atoms with E-state index in [0.29, 0.717) is 6.04 Å². The molecule has 2 atom stereocenters. The van der Waals surface area contributed by atoms with Crippen LogP contribution in [0.2, 0.25) is 0 Å². The van der Waals surface area contributed by atoms with Crippen molar-refractivity contribution in [2.75, 3.05) is 6.54 Å². The van der Waals surface area contributed by atoms with E-state index in [4.69, 9.17) is 0 Å². The van der Waals surface area contributed by atoms with Gasteiger partial charge < -0.3 is 5.32 Å². The maximum atomic E-state index is 4.26. The first-order chi connectivity index (χ1) is 7.86. The van der Waals surface area contributed by atoms with Gasteiger partial charge >= 0.3 is 0 Å². The highest BCUT2D eigenvalue weighted by molar-refractivity contribution is 5.68. The summed E-state index contributed by atoms with van der Waals surface area (Å²) in [6.45, 7) is 4.98. The summed E-state index contributed by atoms with van der Waals surface area (Å²) in [7, 11) is 0. The molecule has 2 aliphatic rings. The van der Waals surface area contributed by atoms with Crippen LogP contribution in [0.5, 0.6) is 0 Å². The molecule has 1 aromatic heterocycles. The zero-order valence-electron chi connectivity index (χ0n) is 9.32. The second kappa shape index (κ2) is 3.87. The van der Waals surface area contributed by atoms with Crippen molar-refractivity contribution in [3.8, 4) is 0 Å². The molecule has 2 heterocycles. The Bertz CT molecular complexity index is 448. The summed E-state index contributed by atoms with van der Waals surface area (Å²) in [4.78, 5) is 4.26. The molecule has 2 nitrogen and oxygen atoms in total. The van der Waals surface area contributed by atoms with Gasteiger partial charge in [0.25, 0.3) is 0 Å². The van der Waals surface area contributed by atoms with Crippen LogP contribution in [-0.2, 0) is 0 Å². The molecule has 0 aromatic carbocycles. The number of hydrogen-bond donors (Lipinski definition) is 1. The number of pyridine rings is 1. The van der Waals surface area contributed by atoms with Crippen molar-refractivity contribution >= 4 is 11.6 Å². The van der Waals surface area contributed by atoms with E-state index >= 15 is 0 Å². The monoisotopic (exact) mass is 212 g/mol. The van der Waals surface area contributed by atoms with Crippen LogP contribution in [0.25, 0.3) is 11.6 Å². The van der Waals surface area contributed by atoms with Gasteiger partial charge in [-0.05, 0) is 41.5 Å². The predicted octanol–water partition coefficient (Wildman–Crippen LogP) is 2.49. The average molecular weight is 212 g/mol. The lowest BCUT2D eigenvalue weighted by molar-refractivity contribution is 0.256. The first-order valence-electron chi connectivity index (χ1n) is 5.89. The summed E-state index contributed by atoms with van der Waals surface area (Å²) < 4.78 is 0. The zero-order chi connectivity index (χ0) is 11.0. The lowest BCUT2D eigenvalue weighted by atomic mass is 9.79. The molecule has 0 radical (unpaired) electrons. The fraction of sp³-hybridized carbons (Fsp3) is 0.357. The van der Waals surface area contributed by atoms with E-state index in [1.54, 1.807) is 0 Å². The van der Waals surface area contributed by atoms with E-state index in [1.807, 2.05) is 18.5 Å². The molecular weight excluding hydrogens is 196 g/mol. The standard InChI is InChI=1S/C14H16N2/c1-2-10-5-13(8-15-7-10)11-3-4-12-9-16-14(12)6-11/h2,5-8,12,14,16H,1,3-4,9H2/t12-,14-/m1/s1. The predicted molar refractivity (Wildman–Crippen MR) is 66.8 cm³/mol. The zero-order valence-corrected chi connectivity index (χ0v) is 9.32. The third kappa shape index (κ3) is 1.59. The maximum Gasteiger partial charge on any atom is 0.0343 e. The summed E-state index contributed by atoms with van der Waals surface area (Å²) in [6.07, 6.45) is 10.5. The molecule has 16 heavy (non-hydrogen) atoms. The lowest BCUT2D eigenvalue weighted by Crippen LogP contribution is -2.52. The van der Waals surface area contributed by atoms with Crippen LogP contribution in [-0.4, -0.2) is 17.6 Å². The Morgan fingerprint density at radius 3 is 3.06 bits per heavy atom. The molecule has 1 aromatic rings. The summed E-state index contributed by atoms with van der Waals surface area (Å²) in [6, 6.07) is 2.78. The summed E-state index contributed by atoms with van der Waals surface area (Å²) in [5.74, 6) is 0.874. The Balaban J connectivity index is 1.91. The van der Waals surface area contributed by atoms with Gasteiger partial charge in [0, 0.05) is 25.0 Å². The number of allylic oxidation sites excluding steroid dienone is 1. The van der Waals surface area contributed by atoms with Crippen LogP contribution in [0, 0.1) is 5.92 Å². The third-order valence-corrected chi connectivity index (χ3v) is 3.65. The van der Waals surface area contributed by atoms with Crippen molar-refractivity contribution in [1.29, 1.82) is 0 Å². The fourth-order valence-electron chi connectivity index (χ4n) is 2.52. The Kier molecular flexibility index (Phi) is 2.37. The van der Waals surface area contributed by atoms with Gasteiger partial charge in [0.05, 0.1) is 0 Å². The van der Waals surface area contributed by atoms with E-state index in [0.717, 1.165) is 11.5 Å². The Hall–Kier alpha value is -1.41. The number of fused-ring (bicyclic) bond motifs is 1. The minimum Gasteiger partial charge on any atom is -0.310 e. The van der Waals surface area contributed by atoms with Crippen LogP contribution < -0.4 is 5.32 Å². The van der Waals surface area contributed by atoms with Crippen molar-refractivity contribution in [3.63, 3.8) is 0 Å². The molecule has 1 N–H and O–H groups in total. The Morgan fingerprint density at radius 2 is 2.38 bits per heavy atom. The SMILES string of the molecule is C=Cc1cncc(C2=C[C@H]3NC[C@H]3CC2)c1. The van der Waals surface area contributed by atoms with E-state index in [2.05, 4.69) is 29.0 Å². The van der Waals surface area contributed by atoms with Crippen LogP contribution in [0.15, 0.2) is 31.1 Å². The molecule has 3 rings (SSSR count). The molecule has 0 saturated carbocycles. The van der Waals surface area contributed by atoms with E-state index in [-0.39, 0.29) is 0 Å². The topological polar surface area (TPSA) is 24.9 Å². The molecule has 1 aliphatic heterocycles. The normalized spacial score (nSPS) is 27.6. The molecule has 1 fully saturated rings. The highest BCUT2D eigenvalue weighted by Gasteiger charge is 2.31. The van der Waals surface area contributed by atoms with E-state index in [1.165, 1.54) is 30.5 Å². The number of rotatable bonds is 2. The largest absolute Gasteiger partial charge is 0.310 e. The smallest absolute Gasteiger partial charge is 0.0343 e. The molecule has 1 aliphatic carbocycles. The van der Waals surface area contributed by atoms with E-state index < -0.39 is 0 Å². The summed E-state index contributed by atoms with van der Waals surface area (Å²) in [5.41, 5.74) is 3.79.